The minimum atomic E-state index is -0.833. The van der Waals surface area contributed by atoms with E-state index in [2.05, 4.69) is 19.9 Å². The Labute approximate surface area is 183 Å². The minimum Gasteiger partial charge on any atom is -0.481 e. The van der Waals surface area contributed by atoms with Crippen molar-refractivity contribution in [2.45, 2.75) is 20.8 Å². The van der Waals surface area contributed by atoms with E-state index in [1.807, 2.05) is 24.3 Å². The number of hydrogen-bond donors (Lipinski definition) is 4. The monoisotopic (exact) mass is 446 g/mol. The number of imidazole rings is 1. The molecule has 0 atom stereocenters. The van der Waals surface area contributed by atoms with Crippen molar-refractivity contribution in [2.75, 3.05) is 36.8 Å². The van der Waals surface area contributed by atoms with E-state index in [-0.39, 0.29) is 11.9 Å². The molecule has 1 amide bonds. The number of nitrogens with one attached hydrogen (secondary N) is 1. The van der Waals surface area contributed by atoms with Gasteiger partial charge in [-0.15, -0.1) is 0 Å². The van der Waals surface area contributed by atoms with Crippen molar-refractivity contribution in [1.82, 2.24) is 19.9 Å². The van der Waals surface area contributed by atoms with E-state index in [1.54, 1.807) is 11.8 Å². The molecule has 32 heavy (non-hydrogen) atoms. The van der Waals surface area contributed by atoms with Gasteiger partial charge >= 0.3 is 0 Å². The molecule has 1 aliphatic heterocycles. The van der Waals surface area contributed by atoms with Crippen molar-refractivity contribution in [1.29, 1.82) is 0 Å². The second kappa shape index (κ2) is 10.8. The average Bonchev–Trinajstić information content (AvgIpc) is 3.29. The Bertz CT molecular complexity index is 1030. The number of carboxylic acids is 2. The molecular weight excluding hydrogens is 420 g/mol. The Morgan fingerprint density at radius 1 is 1.03 bits per heavy atom. The molecular formula is C20H26N6O6. The van der Waals surface area contributed by atoms with Gasteiger partial charge in [0.05, 0.1) is 0 Å². The highest BCUT2D eigenvalue weighted by Gasteiger charge is 2.27. The topological polar surface area (TPSA) is 179 Å². The lowest BCUT2D eigenvalue weighted by Crippen LogP contribution is -2.49. The lowest BCUT2D eigenvalue weighted by Gasteiger charge is -2.33. The van der Waals surface area contributed by atoms with Crippen molar-refractivity contribution >= 4 is 40.9 Å². The van der Waals surface area contributed by atoms with Crippen LogP contribution >= 0.6 is 0 Å². The lowest BCUT2D eigenvalue weighted by molar-refractivity contribution is -0.135. The largest absolute Gasteiger partial charge is 0.481 e. The summed E-state index contributed by atoms with van der Waals surface area (Å²) in [6.07, 6.45) is 0. The van der Waals surface area contributed by atoms with Crippen LogP contribution in [0.3, 0.4) is 0 Å². The zero-order chi connectivity index (χ0) is 23.8. The molecule has 3 aromatic rings. The van der Waals surface area contributed by atoms with Crippen LogP contribution in [0.1, 0.15) is 30.0 Å². The standard InChI is InChI=1S/C16H18N6O2.2C2H4O2/c1-10-13(20-15(17)18-10)14(23)21-6-8-22(9-7-21)16-19-11-4-2-3-5-12(11)24-16;2*1-2(3)4/h2-5H,6-9H2,1H3,(H3,17,18,20);2*1H3,(H,3,4). The first kappa shape index (κ1) is 24.2. The summed E-state index contributed by atoms with van der Waals surface area (Å²) in [5, 5.41) is 14.8. The number of nitrogens with two attached hydrogens (primary N) is 1. The fourth-order valence-corrected chi connectivity index (χ4v) is 2.94. The summed E-state index contributed by atoms with van der Waals surface area (Å²) in [6.45, 7) is 6.47. The summed E-state index contributed by atoms with van der Waals surface area (Å²) < 4.78 is 5.79. The number of carbonyl (C=O) groups excluding carboxylic acids is 1. The Morgan fingerprint density at radius 2 is 1.59 bits per heavy atom. The van der Waals surface area contributed by atoms with E-state index in [4.69, 9.17) is 30.0 Å². The number of piperazine rings is 1. The molecule has 0 unspecified atom stereocenters. The number of aromatic nitrogens is 3. The number of aromatic amines is 1. The third kappa shape index (κ3) is 6.72. The summed E-state index contributed by atoms with van der Waals surface area (Å²) in [5.74, 6) is -1.50. The third-order valence-electron chi connectivity index (χ3n) is 4.23. The van der Waals surface area contributed by atoms with Gasteiger partial charge in [-0.25, -0.2) is 4.98 Å². The van der Waals surface area contributed by atoms with E-state index >= 15 is 0 Å². The van der Waals surface area contributed by atoms with Crippen LogP contribution in [0.25, 0.3) is 11.1 Å². The van der Waals surface area contributed by atoms with Crippen LogP contribution < -0.4 is 10.6 Å². The Kier molecular flexibility index (Phi) is 8.16. The number of rotatable bonds is 2. The van der Waals surface area contributed by atoms with E-state index in [0.29, 0.717) is 43.6 Å². The second-order valence-corrected chi connectivity index (χ2v) is 6.88. The fourth-order valence-electron chi connectivity index (χ4n) is 2.94. The minimum absolute atomic E-state index is 0.0994. The summed E-state index contributed by atoms with van der Waals surface area (Å²) in [5.41, 5.74) is 8.31. The zero-order valence-corrected chi connectivity index (χ0v) is 18.0. The number of nitrogen functional groups attached to an aromatic ring is 1. The molecule has 1 fully saturated rings. The van der Waals surface area contributed by atoms with E-state index < -0.39 is 11.9 Å². The SMILES string of the molecule is CC(=O)O.CC(=O)O.Cc1[nH]c(N)nc1C(=O)N1CCN(c2nc3ccccc3o2)CC1. The van der Waals surface area contributed by atoms with E-state index in [9.17, 15) is 4.79 Å². The first-order valence-corrected chi connectivity index (χ1v) is 9.69. The Hall–Kier alpha value is -4.09. The van der Waals surface area contributed by atoms with Crippen LogP contribution in [-0.4, -0.2) is 74.1 Å². The Balaban J connectivity index is 0.000000395. The molecule has 0 aliphatic carbocycles. The second-order valence-electron chi connectivity index (χ2n) is 6.88. The van der Waals surface area contributed by atoms with Crippen molar-refractivity contribution < 1.29 is 29.0 Å². The number of para-hydroxylation sites is 2. The number of fused-ring (bicyclic) bond motifs is 1. The third-order valence-corrected chi connectivity index (χ3v) is 4.23. The summed E-state index contributed by atoms with van der Waals surface area (Å²) >= 11 is 0. The van der Waals surface area contributed by atoms with Crippen molar-refractivity contribution in [3.63, 3.8) is 0 Å². The number of benzene rings is 1. The summed E-state index contributed by atoms with van der Waals surface area (Å²) in [6, 6.07) is 8.28. The zero-order valence-electron chi connectivity index (χ0n) is 18.0. The lowest BCUT2D eigenvalue weighted by atomic mass is 10.2. The molecule has 4 rings (SSSR count). The molecule has 172 valence electrons. The molecule has 12 nitrogen and oxygen atoms in total. The maximum atomic E-state index is 12.5. The maximum Gasteiger partial charge on any atom is 0.300 e. The normalized spacial score (nSPS) is 13.0. The molecule has 0 bridgehead atoms. The van der Waals surface area contributed by atoms with Gasteiger partial charge in [0.15, 0.2) is 17.2 Å². The number of carbonyl (C=O) groups is 3. The molecule has 1 aromatic carbocycles. The van der Waals surface area contributed by atoms with E-state index in [1.165, 1.54) is 0 Å². The number of aryl methyl sites for hydroxylation is 1. The van der Waals surface area contributed by atoms with Crippen LogP contribution in [0.2, 0.25) is 0 Å². The molecule has 5 N–H and O–H groups in total. The van der Waals surface area contributed by atoms with Crippen molar-refractivity contribution in [3.05, 3.63) is 35.7 Å². The highest BCUT2D eigenvalue weighted by Crippen LogP contribution is 2.23. The highest BCUT2D eigenvalue weighted by molar-refractivity contribution is 5.94. The summed E-state index contributed by atoms with van der Waals surface area (Å²) in [7, 11) is 0. The number of amides is 1. The van der Waals surface area contributed by atoms with Crippen molar-refractivity contribution in [2.24, 2.45) is 0 Å². The smallest absolute Gasteiger partial charge is 0.300 e. The highest BCUT2D eigenvalue weighted by atomic mass is 16.4. The first-order valence-electron chi connectivity index (χ1n) is 9.69. The fraction of sp³-hybridized carbons (Fsp3) is 0.350. The number of anilines is 2. The number of carboxylic acid groups (broad SMARTS) is 2. The molecule has 0 spiro atoms. The molecule has 0 saturated carbocycles. The summed E-state index contributed by atoms with van der Waals surface area (Å²) in [4.78, 5) is 45.8. The maximum absolute atomic E-state index is 12.5. The first-order chi connectivity index (χ1) is 15.1. The number of oxazole rings is 1. The van der Waals surface area contributed by atoms with Gasteiger partial charge in [-0.3, -0.25) is 14.4 Å². The van der Waals surface area contributed by atoms with Gasteiger partial charge in [-0.2, -0.15) is 4.98 Å². The number of H-pyrrole nitrogens is 1. The van der Waals surface area contributed by atoms with E-state index in [0.717, 1.165) is 24.9 Å². The van der Waals surface area contributed by atoms with Gasteiger partial charge in [-0.1, -0.05) is 12.1 Å². The number of nitrogens with zero attached hydrogens (tertiary/aromatic N) is 4. The molecule has 3 heterocycles. The van der Waals surface area contributed by atoms with Gasteiger partial charge in [0.2, 0.25) is 0 Å². The van der Waals surface area contributed by atoms with Gasteiger partial charge < -0.3 is 35.1 Å². The van der Waals surface area contributed by atoms with Gasteiger partial charge in [0.25, 0.3) is 23.9 Å². The van der Waals surface area contributed by atoms with Gasteiger partial charge in [0, 0.05) is 45.7 Å². The Morgan fingerprint density at radius 3 is 2.09 bits per heavy atom. The van der Waals surface area contributed by atoms with Crippen LogP contribution in [-0.2, 0) is 9.59 Å². The quantitative estimate of drug-likeness (QED) is 0.451. The van der Waals surface area contributed by atoms with Crippen LogP contribution in [0.15, 0.2) is 28.7 Å². The molecule has 0 radical (unpaired) electrons. The average molecular weight is 446 g/mol. The van der Waals surface area contributed by atoms with Gasteiger partial charge in [-0.05, 0) is 19.1 Å². The predicted octanol–water partition coefficient (Wildman–Crippen LogP) is 1.59. The molecule has 2 aromatic heterocycles. The van der Waals surface area contributed by atoms with Crippen LogP contribution in [0, 0.1) is 6.92 Å². The predicted molar refractivity (Wildman–Crippen MR) is 116 cm³/mol. The molecule has 1 aliphatic rings. The van der Waals surface area contributed by atoms with Crippen LogP contribution in [0.4, 0.5) is 12.0 Å². The number of hydrogen-bond acceptors (Lipinski definition) is 8. The van der Waals surface area contributed by atoms with Crippen LogP contribution in [0.5, 0.6) is 0 Å². The van der Waals surface area contributed by atoms with Crippen molar-refractivity contribution in [3.8, 4) is 0 Å². The molecule has 12 heteroatoms. The van der Waals surface area contributed by atoms with Gasteiger partial charge in [0.1, 0.15) is 5.52 Å². The number of aliphatic carboxylic acids is 2. The molecule has 1 saturated heterocycles.